The molecule has 0 unspecified atom stereocenters. The van der Waals surface area contributed by atoms with E-state index < -0.39 is 0 Å². The summed E-state index contributed by atoms with van der Waals surface area (Å²) in [4.78, 5) is 18.2. The van der Waals surface area contributed by atoms with E-state index in [1.165, 1.54) is 0 Å². The molecule has 5 aromatic rings. The molecular formula is C28H22N2O3. The third kappa shape index (κ3) is 3.96. The van der Waals surface area contributed by atoms with Crippen molar-refractivity contribution >= 4 is 33.3 Å². The molecule has 1 amide bonds. The SMILES string of the molecule is COc1ccc(-c2cc(C(=O)Nc3ccc4ccccc4c3)c3ccccc3n2)c(OC)c1. The quantitative estimate of drug-likeness (QED) is 0.351. The lowest BCUT2D eigenvalue weighted by Gasteiger charge is -2.13. The number of benzene rings is 4. The van der Waals surface area contributed by atoms with Gasteiger partial charge in [-0.2, -0.15) is 0 Å². The summed E-state index contributed by atoms with van der Waals surface area (Å²) in [5, 5.41) is 6.03. The lowest BCUT2D eigenvalue weighted by Crippen LogP contribution is -2.13. The maximum Gasteiger partial charge on any atom is 0.256 e. The summed E-state index contributed by atoms with van der Waals surface area (Å²) in [7, 11) is 3.21. The van der Waals surface area contributed by atoms with Crippen molar-refractivity contribution < 1.29 is 14.3 Å². The van der Waals surface area contributed by atoms with Gasteiger partial charge in [0.05, 0.1) is 31.0 Å². The zero-order valence-corrected chi connectivity index (χ0v) is 18.3. The third-order valence-corrected chi connectivity index (χ3v) is 5.65. The predicted molar refractivity (Wildman–Crippen MR) is 132 cm³/mol. The number of aromatic nitrogens is 1. The van der Waals surface area contributed by atoms with E-state index >= 15 is 0 Å². The maximum absolute atomic E-state index is 13.4. The second kappa shape index (κ2) is 8.63. The fraction of sp³-hybridized carbons (Fsp3) is 0.0714. The van der Waals surface area contributed by atoms with Gasteiger partial charge in [-0.1, -0.05) is 48.5 Å². The van der Waals surface area contributed by atoms with E-state index in [9.17, 15) is 4.79 Å². The molecule has 0 saturated carbocycles. The number of nitrogens with zero attached hydrogens (tertiary/aromatic N) is 1. The number of para-hydroxylation sites is 1. The second-order valence-electron chi connectivity index (χ2n) is 7.65. The standard InChI is InChI=1S/C28H22N2O3/c1-32-21-13-14-23(27(16-21)33-2)26-17-24(22-9-5-6-10-25(22)30-26)28(31)29-20-12-11-18-7-3-4-8-19(18)15-20/h3-17H,1-2H3,(H,29,31). The molecular weight excluding hydrogens is 412 g/mol. The first-order valence-electron chi connectivity index (χ1n) is 10.6. The molecule has 0 radical (unpaired) electrons. The molecule has 1 heterocycles. The van der Waals surface area contributed by atoms with Gasteiger partial charge in [0.1, 0.15) is 11.5 Å². The third-order valence-electron chi connectivity index (χ3n) is 5.65. The van der Waals surface area contributed by atoms with Crippen LogP contribution in [0.5, 0.6) is 11.5 Å². The minimum atomic E-state index is -0.197. The van der Waals surface area contributed by atoms with Gasteiger partial charge in [-0.25, -0.2) is 4.98 Å². The highest BCUT2D eigenvalue weighted by atomic mass is 16.5. The largest absolute Gasteiger partial charge is 0.497 e. The second-order valence-corrected chi connectivity index (χ2v) is 7.65. The molecule has 0 fully saturated rings. The molecule has 0 bridgehead atoms. The number of amides is 1. The Bertz CT molecular complexity index is 1490. The Labute approximate surface area is 191 Å². The van der Waals surface area contributed by atoms with Crippen molar-refractivity contribution in [2.45, 2.75) is 0 Å². The van der Waals surface area contributed by atoms with Crippen molar-refractivity contribution in [1.82, 2.24) is 4.98 Å². The van der Waals surface area contributed by atoms with Crippen LogP contribution in [0, 0.1) is 0 Å². The van der Waals surface area contributed by atoms with E-state index in [2.05, 4.69) is 5.32 Å². The number of hydrogen-bond acceptors (Lipinski definition) is 4. The summed E-state index contributed by atoms with van der Waals surface area (Å²) in [6.07, 6.45) is 0. The highest BCUT2D eigenvalue weighted by Crippen LogP contribution is 2.34. The van der Waals surface area contributed by atoms with E-state index in [1.807, 2.05) is 84.9 Å². The zero-order valence-electron chi connectivity index (χ0n) is 18.3. The average Bonchev–Trinajstić information content (AvgIpc) is 2.87. The number of ether oxygens (including phenoxy) is 2. The number of rotatable bonds is 5. The Morgan fingerprint density at radius 1 is 0.788 bits per heavy atom. The molecule has 0 saturated heterocycles. The van der Waals surface area contributed by atoms with Crippen molar-refractivity contribution in [3.8, 4) is 22.8 Å². The number of pyridine rings is 1. The van der Waals surface area contributed by atoms with Gasteiger partial charge < -0.3 is 14.8 Å². The van der Waals surface area contributed by atoms with Gasteiger partial charge in [0.15, 0.2) is 0 Å². The first kappa shape index (κ1) is 20.5. The van der Waals surface area contributed by atoms with E-state index in [1.54, 1.807) is 20.3 Å². The first-order chi connectivity index (χ1) is 16.2. The number of methoxy groups -OCH3 is 2. The van der Waals surface area contributed by atoms with Crippen LogP contribution in [0.2, 0.25) is 0 Å². The van der Waals surface area contributed by atoms with Crippen LogP contribution in [0.4, 0.5) is 5.69 Å². The Kier molecular flexibility index (Phi) is 5.37. The molecule has 162 valence electrons. The van der Waals surface area contributed by atoms with Gasteiger partial charge in [-0.15, -0.1) is 0 Å². The minimum absolute atomic E-state index is 0.197. The van der Waals surface area contributed by atoms with Crippen LogP contribution in [0.1, 0.15) is 10.4 Å². The van der Waals surface area contributed by atoms with Crippen LogP contribution < -0.4 is 14.8 Å². The Balaban J connectivity index is 1.59. The van der Waals surface area contributed by atoms with Crippen molar-refractivity contribution in [2.24, 2.45) is 0 Å². The summed E-state index contributed by atoms with van der Waals surface area (Å²) < 4.78 is 10.9. The van der Waals surface area contributed by atoms with Crippen molar-refractivity contribution in [3.05, 3.63) is 96.6 Å². The summed E-state index contributed by atoms with van der Waals surface area (Å²) in [5.74, 6) is 1.11. The number of hydrogen-bond donors (Lipinski definition) is 1. The lowest BCUT2D eigenvalue weighted by atomic mass is 10.0. The van der Waals surface area contributed by atoms with E-state index in [-0.39, 0.29) is 5.91 Å². The molecule has 1 aromatic heterocycles. The Hall–Kier alpha value is -4.38. The highest BCUT2D eigenvalue weighted by Gasteiger charge is 2.17. The van der Waals surface area contributed by atoms with Crippen molar-refractivity contribution in [2.75, 3.05) is 19.5 Å². The van der Waals surface area contributed by atoms with Gasteiger partial charge in [0.25, 0.3) is 5.91 Å². The van der Waals surface area contributed by atoms with Crippen LogP contribution in [0.25, 0.3) is 32.9 Å². The Morgan fingerprint density at radius 3 is 2.39 bits per heavy atom. The molecule has 5 nitrogen and oxygen atoms in total. The van der Waals surface area contributed by atoms with Crippen LogP contribution in [-0.2, 0) is 0 Å². The number of fused-ring (bicyclic) bond motifs is 2. The molecule has 4 aromatic carbocycles. The van der Waals surface area contributed by atoms with Crippen LogP contribution >= 0.6 is 0 Å². The summed E-state index contributed by atoms with van der Waals surface area (Å²) >= 11 is 0. The van der Waals surface area contributed by atoms with Gasteiger partial charge in [0, 0.05) is 22.7 Å². The topological polar surface area (TPSA) is 60.5 Å². The highest BCUT2D eigenvalue weighted by molar-refractivity contribution is 6.13. The molecule has 1 N–H and O–H groups in total. The van der Waals surface area contributed by atoms with Gasteiger partial charge in [-0.05, 0) is 47.2 Å². The summed E-state index contributed by atoms with van der Waals surface area (Å²) in [5.41, 5.74) is 3.45. The van der Waals surface area contributed by atoms with E-state index in [0.29, 0.717) is 22.8 Å². The summed E-state index contributed by atoms with van der Waals surface area (Å²) in [6, 6.07) is 28.9. The molecule has 5 rings (SSSR count). The normalized spacial score (nSPS) is 10.8. The minimum Gasteiger partial charge on any atom is -0.497 e. The fourth-order valence-corrected chi connectivity index (χ4v) is 3.98. The summed E-state index contributed by atoms with van der Waals surface area (Å²) in [6.45, 7) is 0. The fourth-order valence-electron chi connectivity index (χ4n) is 3.98. The van der Waals surface area contributed by atoms with Crippen LogP contribution in [-0.4, -0.2) is 25.1 Å². The molecule has 0 spiro atoms. The monoisotopic (exact) mass is 434 g/mol. The van der Waals surface area contributed by atoms with Crippen LogP contribution in [0.3, 0.4) is 0 Å². The van der Waals surface area contributed by atoms with Gasteiger partial charge in [-0.3, -0.25) is 4.79 Å². The average molecular weight is 434 g/mol. The lowest BCUT2D eigenvalue weighted by molar-refractivity contribution is 0.102. The molecule has 0 atom stereocenters. The first-order valence-corrected chi connectivity index (χ1v) is 10.6. The predicted octanol–water partition coefficient (Wildman–Crippen LogP) is 6.32. The molecule has 5 heteroatoms. The van der Waals surface area contributed by atoms with Crippen LogP contribution in [0.15, 0.2) is 91.0 Å². The van der Waals surface area contributed by atoms with E-state index in [0.717, 1.165) is 32.9 Å². The van der Waals surface area contributed by atoms with Gasteiger partial charge in [0.2, 0.25) is 0 Å². The van der Waals surface area contributed by atoms with E-state index in [4.69, 9.17) is 14.5 Å². The molecule has 33 heavy (non-hydrogen) atoms. The number of anilines is 1. The molecule has 0 aliphatic heterocycles. The Morgan fingerprint density at radius 2 is 1.58 bits per heavy atom. The number of carbonyl (C=O) groups is 1. The van der Waals surface area contributed by atoms with Gasteiger partial charge >= 0.3 is 0 Å². The maximum atomic E-state index is 13.4. The smallest absolute Gasteiger partial charge is 0.256 e. The molecule has 0 aliphatic rings. The zero-order chi connectivity index (χ0) is 22.8. The molecule has 0 aliphatic carbocycles. The van der Waals surface area contributed by atoms with Crippen molar-refractivity contribution in [3.63, 3.8) is 0 Å². The number of nitrogens with one attached hydrogen (secondary N) is 1. The van der Waals surface area contributed by atoms with Crippen molar-refractivity contribution in [1.29, 1.82) is 0 Å². The number of carbonyl (C=O) groups excluding carboxylic acids is 1.